The second kappa shape index (κ2) is 8.07. The molecule has 2 aromatic carbocycles. The van der Waals surface area contributed by atoms with Gasteiger partial charge in [0.2, 0.25) is 0 Å². The molecule has 2 aliphatic heterocycles. The summed E-state index contributed by atoms with van der Waals surface area (Å²) in [6.07, 6.45) is 0.620. The Kier molecular flexibility index (Phi) is 5.29. The summed E-state index contributed by atoms with van der Waals surface area (Å²) in [4.78, 5) is 38.9. The van der Waals surface area contributed by atoms with Gasteiger partial charge in [-0.3, -0.25) is 19.8 Å². The van der Waals surface area contributed by atoms with Gasteiger partial charge in [-0.25, -0.2) is 4.79 Å². The second-order valence-corrected chi connectivity index (χ2v) is 7.82. The summed E-state index contributed by atoms with van der Waals surface area (Å²) in [5, 5.41) is 19.9. The molecule has 2 saturated heterocycles. The van der Waals surface area contributed by atoms with E-state index in [9.17, 15) is 19.7 Å². The smallest absolute Gasteiger partial charge is 0.410 e. The molecule has 0 aromatic heterocycles. The maximum Gasteiger partial charge on any atom is 0.410 e. The third kappa shape index (κ3) is 4.19. The van der Waals surface area contributed by atoms with Gasteiger partial charge in [0.25, 0.3) is 11.6 Å². The zero-order chi connectivity index (χ0) is 22.0. The Bertz CT molecular complexity index is 1070. The minimum atomic E-state index is -0.636. The van der Waals surface area contributed by atoms with Gasteiger partial charge in [-0.2, -0.15) is 5.26 Å². The van der Waals surface area contributed by atoms with Crippen molar-refractivity contribution in [1.29, 1.82) is 5.26 Å². The first-order valence-corrected chi connectivity index (χ1v) is 9.90. The number of carbonyl (C=O) groups is 2. The first-order valence-electron chi connectivity index (χ1n) is 9.90. The molecule has 0 unspecified atom stereocenters. The van der Waals surface area contributed by atoms with Gasteiger partial charge in [-0.1, -0.05) is 18.2 Å². The van der Waals surface area contributed by atoms with Crippen LogP contribution in [0.5, 0.6) is 0 Å². The Morgan fingerprint density at radius 1 is 1.19 bits per heavy atom. The first kappa shape index (κ1) is 20.3. The molecule has 9 nitrogen and oxygen atoms in total. The van der Waals surface area contributed by atoms with Crippen LogP contribution in [0, 0.1) is 21.4 Å². The highest BCUT2D eigenvalue weighted by Gasteiger charge is 2.47. The lowest BCUT2D eigenvalue weighted by atomic mass is 9.91. The number of amides is 2. The monoisotopic (exact) mass is 420 g/mol. The number of nitro benzene ring substituents is 1. The van der Waals surface area contributed by atoms with Crippen LogP contribution >= 0.6 is 0 Å². The number of rotatable bonds is 4. The number of likely N-dealkylation sites (tertiary alicyclic amines) is 1. The summed E-state index contributed by atoms with van der Waals surface area (Å²) in [5.41, 5.74) is 0.984. The Morgan fingerprint density at radius 2 is 1.90 bits per heavy atom. The fraction of sp³-hybridized carbons (Fsp3) is 0.318. The number of nitriles is 1. The van der Waals surface area contributed by atoms with Crippen LogP contribution < -0.4 is 0 Å². The van der Waals surface area contributed by atoms with E-state index in [2.05, 4.69) is 6.07 Å². The zero-order valence-corrected chi connectivity index (χ0v) is 16.7. The number of carbonyl (C=O) groups excluding carboxylic acids is 2. The Labute approximate surface area is 178 Å². The summed E-state index contributed by atoms with van der Waals surface area (Å²) < 4.78 is 5.71. The molecule has 4 rings (SSSR count). The van der Waals surface area contributed by atoms with Gasteiger partial charge in [-0.15, -0.1) is 0 Å². The van der Waals surface area contributed by atoms with Crippen molar-refractivity contribution in [2.45, 2.75) is 25.0 Å². The van der Waals surface area contributed by atoms with Crippen LogP contribution in [-0.4, -0.2) is 52.0 Å². The molecule has 0 bridgehead atoms. The number of non-ortho nitro benzene ring substituents is 1. The number of nitro groups is 1. The van der Waals surface area contributed by atoms with Crippen LogP contribution in [0.1, 0.15) is 34.3 Å². The number of ether oxygens (including phenoxy) is 1. The topological polar surface area (TPSA) is 117 Å². The van der Waals surface area contributed by atoms with Gasteiger partial charge in [0.15, 0.2) is 0 Å². The maximum absolute atomic E-state index is 12.8. The standard InChI is InChI=1S/C22H20N4O5/c23-13-16-4-6-17(7-5-16)14-25-15-22(31-21(25)28)8-10-24(11-9-22)20(27)18-2-1-3-19(12-18)26(29)30/h1-7,12H,8-11,14-15H2. The van der Waals surface area contributed by atoms with Crippen LogP contribution in [0.2, 0.25) is 0 Å². The van der Waals surface area contributed by atoms with E-state index in [4.69, 9.17) is 10.00 Å². The van der Waals surface area contributed by atoms with Gasteiger partial charge in [0.05, 0.1) is 23.1 Å². The molecule has 1 spiro atoms. The third-order valence-electron chi connectivity index (χ3n) is 5.76. The molecule has 9 heteroatoms. The predicted octanol–water partition coefficient (Wildman–Crippen LogP) is 3.09. The van der Waals surface area contributed by atoms with Crippen molar-refractivity contribution < 1.29 is 19.2 Å². The maximum atomic E-state index is 12.8. The van der Waals surface area contributed by atoms with E-state index >= 15 is 0 Å². The summed E-state index contributed by atoms with van der Waals surface area (Å²) in [5.74, 6) is -0.266. The van der Waals surface area contributed by atoms with Crippen molar-refractivity contribution in [3.63, 3.8) is 0 Å². The molecule has 2 amide bonds. The van der Waals surface area contributed by atoms with Gasteiger partial charge >= 0.3 is 6.09 Å². The van der Waals surface area contributed by atoms with Crippen molar-refractivity contribution in [3.8, 4) is 6.07 Å². The fourth-order valence-electron chi connectivity index (χ4n) is 4.03. The van der Waals surface area contributed by atoms with E-state index in [1.807, 2.05) is 12.1 Å². The zero-order valence-electron chi connectivity index (χ0n) is 16.7. The highest BCUT2D eigenvalue weighted by atomic mass is 16.6. The summed E-state index contributed by atoms with van der Waals surface area (Å²) in [7, 11) is 0. The van der Waals surface area contributed by atoms with Crippen LogP contribution in [0.3, 0.4) is 0 Å². The van der Waals surface area contributed by atoms with Gasteiger partial charge in [0.1, 0.15) is 5.60 Å². The molecule has 31 heavy (non-hydrogen) atoms. The summed E-state index contributed by atoms with van der Waals surface area (Å²) in [6, 6.07) is 14.8. The average Bonchev–Trinajstić information content (AvgIpc) is 3.08. The van der Waals surface area contributed by atoms with Crippen LogP contribution in [0.4, 0.5) is 10.5 Å². The Hall–Kier alpha value is -3.93. The minimum Gasteiger partial charge on any atom is -0.441 e. The SMILES string of the molecule is N#Cc1ccc(CN2CC3(CCN(C(=O)c4cccc([N+](=O)[O-])c4)CC3)OC2=O)cc1. The molecular weight excluding hydrogens is 400 g/mol. The normalized spacial score (nSPS) is 17.3. The highest BCUT2D eigenvalue weighted by molar-refractivity contribution is 5.95. The molecule has 2 aromatic rings. The number of hydrogen-bond acceptors (Lipinski definition) is 6. The predicted molar refractivity (Wildman–Crippen MR) is 109 cm³/mol. The summed E-state index contributed by atoms with van der Waals surface area (Å²) >= 11 is 0. The molecule has 0 radical (unpaired) electrons. The fourth-order valence-corrected chi connectivity index (χ4v) is 4.03. The van der Waals surface area contributed by atoms with Gasteiger partial charge in [0, 0.05) is 50.2 Å². The first-order chi connectivity index (χ1) is 14.9. The van der Waals surface area contributed by atoms with E-state index in [1.54, 1.807) is 28.0 Å². The van der Waals surface area contributed by atoms with Crippen molar-refractivity contribution in [2.24, 2.45) is 0 Å². The van der Waals surface area contributed by atoms with Crippen molar-refractivity contribution in [3.05, 3.63) is 75.3 Å². The molecule has 2 fully saturated rings. The average molecular weight is 420 g/mol. The van der Waals surface area contributed by atoms with Crippen LogP contribution in [-0.2, 0) is 11.3 Å². The van der Waals surface area contributed by atoms with E-state index in [0.29, 0.717) is 44.6 Å². The third-order valence-corrected chi connectivity index (χ3v) is 5.76. The molecule has 0 saturated carbocycles. The number of hydrogen-bond donors (Lipinski definition) is 0. The van der Waals surface area contributed by atoms with E-state index in [0.717, 1.165) is 5.56 Å². The van der Waals surface area contributed by atoms with Crippen LogP contribution in [0.15, 0.2) is 48.5 Å². The Morgan fingerprint density at radius 3 is 2.55 bits per heavy atom. The van der Waals surface area contributed by atoms with Crippen LogP contribution in [0.25, 0.3) is 0 Å². The molecule has 2 aliphatic rings. The molecule has 2 heterocycles. The lowest BCUT2D eigenvalue weighted by molar-refractivity contribution is -0.384. The highest BCUT2D eigenvalue weighted by Crippen LogP contribution is 2.34. The molecule has 0 atom stereocenters. The van der Waals surface area contributed by atoms with Crippen molar-refractivity contribution in [1.82, 2.24) is 9.80 Å². The number of benzene rings is 2. The van der Waals surface area contributed by atoms with Crippen molar-refractivity contribution in [2.75, 3.05) is 19.6 Å². The minimum absolute atomic E-state index is 0.123. The van der Waals surface area contributed by atoms with Crippen molar-refractivity contribution >= 4 is 17.7 Å². The van der Waals surface area contributed by atoms with E-state index in [1.165, 1.54) is 18.2 Å². The number of nitrogens with zero attached hydrogens (tertiary/aromatic N) is 4. The molecule has 158 valence electrons. The van der Waals surface area contributed by atoms with Gasteiger partial charge < -0.3 is 9.64 Å². The lowest BCUT2D eigenvalue weighted by Crippen LogP contribution is -2.48. The number of piperidine rings is 1. The quantitative estimate of drug-likeness (QED) is 0.554. The van der Waals surface area contributed by atoms with E-state index < -0.39 is 10.5 Å². The largest absolute Gasteiger partial charge is 0.441 e. The van der Waals surface area contributed by atoms with Gasteiger partial charge in [-0.05, 0) is 23.8 Å². The molecule has 0 aliphatic carbocycles. The summed E-state index contributed by atoms with van der Waals surface area (Å²) in [6.45, 7) is 1.63. The van der Waals surface area contributed by atoms with E-state index in [-0.39, 0.29) is 23.3 Å². The molecule has 0 N–H and O–H groups in total. The Balaban J connectivity index is 1.38. The molecular formula is C22H20N4O5. The lowest BCUT2D eigenvalue weighted by Gasteiger charge is -2.37. The second-order valence-electron chi connectivity index (χ2n) is 7.82.